The average Bonchev–Trinajstić information content (AvgIpc) is 2.76. The summed E-state index contributed by atoms with van der Waals surface area (Å²) in [4.78, 5) is 13.6. The van der Waals surface area contributed by atoms with Crippen LogP contribution in [-0.2, 0) is 14.0 Å². The van der Waals surface area contributed by atoms with Crippen LogP contribution in [0.5, 0.6) is 0 Å². The maximum absolute atomic E-state index is 13.6. The zero-order valence-electron chi connectivity index (χ0n) is 18.9. The third-order valence-electron chi connectivity index (χ3n) is 6.19. The van der Waals surface area contributed by atoms with E-state index in [1.165, 1.54) is 0 Å². The molecule has 2 unspecified atom stereocenters. The SMILES string of the molecule is CCCOC1CCCC(C(=O)O[Si](c2ccccc2)(c2ccccc2)C(C)(C)C)C1. The highest BCUT2D eigenvalue weighted by Crippen LogP contribution is 2.38. The van der Waals surface area contributed by atoms with E-state index in [-0.39, 0.29) is 23.0 Å². The van der Waals surface area contributed by atoms with E-state index in [1.807, 2.05) is 12.1 Å². The van der Waals surface area contributed by atoms with E-state index >= 15 is 0 Å². The minimum absolute atomic E-state index is 0.0471. The third kappa shape index (κ3) is 4.87. The van der Waals surface area contributed by atoms with Gasteiger partial charge in [-0.1, -0.05) is 94.8 Å². The highest BCUT2D eigenvalue weighted by Gasteiger charge is 2.53. The molecule has 0 bridgehead atoms. The van der Waals surface area contributed by atoms with Crippen LogP contribution in [-0.4, -0.2) is 27.0 Å². The number of carbonyl (C=O) groups excluding carboxylic acids is 1. The molecule has 1 saturated carbocycles. The molecule has 2 aromatic carbocycles. The van der Waals surface area contributed by atoms with Gasteiger partial charge >= 0.3 is 8.32 Å². The molecule has 4 heteroatoms. The molecule has 3 nitrogen and oxygen atoms in total. The summed E-state index contributed by atoms with van der Waals surface area (Å²) in [7, 11) is -2.83. The van der Waals surface area contributed by atoms with Gasteiger partial charge in [-0.3, -0.25) is 4.79 Å². The van der Waals surface area contributed by atoms with Crippen LogP contribution in [0, 0.1) is 5.92 Å². The van der Waals surface area contributed by atoms with E-state index in [0.29, 0.717) is 0 Å². The maximum atomic E-state index is 13.6. The van der Waals surface area contributed by atoms with Crippen molar-refractivity contribution < 1.29 is 14.0 Å². The molecule has 2 aromatic rings. The van der Waals surface area contributed by atoms with Crippen LogP contribution in [0.25, 0.3) is 0 Å². The predicted octanol–water partition coefficient (Wildman–Crippen LogP) is 5.08. The van der Waals surface area contributed by atoms with Crippen molar-refractivity contribution in [2.75, 3.05) is 6.61 Å². The normalized spacial score (nSPS) is 20.0. The van der Waals surface area contributed by atoms with Crippen molar-refractivity contribution in [2.24, 2.45) is 5.92 Å². The molecular weight excluding hydrogens is 388 g/mol. The van der Waals surface area contributed by atoms with Crippen LogP contribution in [0.4, 0.5) is 0 Å². The van der Waals surface area contributed by atoms with Crippen molar-refractivity contribution >= 4 is 24.7 Å². The molecule has 2 atom stereocenters. The molecule has 0 spiro atoms. The standard InChI is InChI=1S/C26H36O3Si/c1-5-19-28-22-14-12-13-21(20-22)25(27)29-30(26(2,3)4,23-15-8-6-9-16-23)24-17-10-7-11-18-24/h6-11,15-18,21-22H,5,12-14,19-20H2,1-4H3. The number of hydrogen-bond acceptors (Lipinski definition) is 3. The summed E-state index contributed by atoms with van der Waals surface area (Å²) in [5, 5.41) is 2.09. The molecule has 1 aliphatic carbocycles. The second-order valence-electron chi connectivity index (χ2n) is 9.44. The molecule has 30 heavy (non-hydrogen) atoms. The zero-order chi connectivity index (χ0) is 21.6. The fraction of sp³-hybridized carbons (Fsp3) is 0.500. The number of hydrogen-bond donors (Lipinski definition) is 0. The zero-order valence-corrected chi connectivity index (χ0v) is 19.9. The lowest BCUT2D eigenvalue weighted by atomic mass is 9.87. The molecule has 162 valence electrons. The van der Waals surface area contributed by atoms with Crippen molar-refractivity contribution in [1.29, 1.82) is 0 Å². The van der Waals surface area contributed by atoms with E-state index in [2.05, 4.69) is 76.2 Å². The van der Waals surface area contributed by atoms with E-state index < -0.39 is 8.32 Å². The Labute approximate surface area is 182 Å². The molecule has 0 aromatic heterocycles. The van der Waals surface area contributed by atoms with Crippen LogP contribution in [0.2, 0.25) is 5.04 Å². The average molecular weight is 425 g/mol. The van der Waals surface area contributed by atoms with Gasteiger partial charge in [0.2, 0.25) is 0 Å². The lowest BCUT2D eigenvalue weighted by Gasteiger charge is -2.43. The van der Waals surface area contributed by atoms with E-state index in [4.69, 9.17) is 9.16 Å². The minimum atomic E-state index is -2.83. The van der Waals surface area contributed by atoms with E-state index in [1.54, 1.807) is 0 Å². The molecule has 0 heterocycles. The van der Waals surface area contributed by atoms with Gasteiger partial charge in [-0.25, -0.2) is 0 Å². The Morgan fingerprint density at radius 2 is 1.53 bits per heavy atom. The highest BCUT2D eigenvalue weighted by molar-refractivity contribution is 7.00. The fourth-order valence-corrected chi connectivity index (χ4v) is 9.08. The number of rotatable bonds is 7. The van der Waals surface area contributed by atoms with Crippen molar-refractivity contribution in [3.8, 4) is 0 Å². The Bertz CT molecular complexity index is 759. The van der Waals surface area contributed by atoms with Gasteiger partial charge in [0.05, 0.1) is 12.0 Å². The quantitative estimate of drug-likeness (QED) is 0.582. The van der Waals surface area contributed by atoms with Gasteiger partial charge in [-0.2, -0.15) is 0 Å². The van der Waals surface area contributed by atoms with Crippen LogP contribution in [0.15, 0.2) is 60.7 Å². The fourth-order valence-electron chi connectivity index (χ4n) is 4.68. The Balaban J connectivity index is 1.96. The predicted molar refractivity (Wildman–Crippen MR) is 126 cm³/mol. The van der Waals surface area contributed by atoms with Crippen LogP contribution in [0.1, 0.15) is 59.8 Å². The summed E-state index contributed by atoms with van der Waals surface area (Å²) >= 11 is 0. The summed E-state index contributed by atoms with van der Waals surface area (Å²) in [5.41, 5.74) is 0. The van der Waals surface area contributed by atoms with Crippen LogP contribution < -0.4 is 10.4 Å². The first-order valence-corrected chi connectivity index (χ1v) is 13.2. The van der Waals surface area contributed by atoms with Gasteiger partial charge < -0.3 is 9.16 Å². The molecular formula is C26H36O3Si. The van der Waals surface area contributed by atoms with Gasteiger partial charge in [0.25, 0.3) is 5.97 Å². The van der Waals surface area contributed by atoms with E-state index in [0.717, 1.165) is 49.1 Å². The lowest BCUT2D eigenvalue weighted by molar-refractivity contribution is -0.143. The lowest BCUT2D eigenvalue weighted by Crippen LogP contribution is -2.67. The van der Waals surface area contributed by atoms with Gasteiger partial charge in [-0.05, 0) is 41.1 Å². The summed E-state index contributed by atoms with van der Waals surface area (Å²) in [6.45, 7) is 9.51. The largest absolute Gasteiger partial charge is 0.509 e. The molecule has 1 fully saturated rings. The Kier molecular flexibility index (Phi) is 7.53. The molecule has 0 amide bonds. The number of benzene rings is 2. The van der Waals surface area contributed by atoms with Crippen molar-refractivity contribution in [3.05, 3.63) is 60.7 Å². The molecule has 0 saturated heterocycles. The Morgan fingerprint density at radius 3 is 2.03 bits per heavy atom. The molecule has 3 rings (SSSR count). The van der Waals surface area contributed by atoms with Crippen LogP contribution in [0.3, 0.4) is 0 Å². The first kappa shape index (κ1) is 22.8. The smallest absolute Gasteiger partial charge is 0.323 e. The summed E-state index contributed by atoms with van der Waals surface area (Å²) in [6, 6.07) is 20.8. The molecule has 0 N–H and O–H groups in total. The molecule has 1 aliphatic rings. The monoisotopic (exact) mass is 424 g/mol. The van der Waals surface area contributed by atoms with Gasteiger partial charge in [0.15, 0.2) is 0 Å². The summed E-state index contributed by atoms with van der Waals surface area (Å²) in [5.74, 6) is -0.128. The molecule has 0 radical (unpaired) electrons. The van der Waals surface area contributed by atoms with Crippen molar-refractivity contribution in [2.45, 2.75) is 70.9 Å². The topological polar surface area (TPSA) is 35.5 Å². The number of carbonyl (C=O) groups is 1. The van der Waals surface area contributed by atoms with Gasteiger partial charge in [-0.15, -0.1) is 0 Å². The Morgan fingerprint density at radius 1 is 0.967 bits per heavy atom. The third-order valence-corrected chi connectivity index (χ3v) is 11.1. The highest BCUT2D eigenvalue weighted by atomic mass is 28.4. The second-order valence-corrected chi connectivity index (χ2v) is 13.7. The maximum Gasteiger partial charge on any atom is 0.323 e. The first-order chi connectivity index (χ1) is 14.4. The van der Waals surface area contributed by atoms with Gasteiger partial charge in [0, 0.05) is 6.61 Å². The van der Waals surface area contributed by atoms with Crippen LogP contribution >= 0.6 is 0 Å². The minimum Gasteiger partial charge on any atom is -0.509 e. The van der Waals surface area contributed by atoms with Crippen molar-refractivity contribution in [1.82, 2.24) is 0 Å². The number of ether oxygens (including phenoxy) is 1. The first-order valence-electron chi connectivity index (χ1n) is 11.3. The Hall–Kier alpha value is -1.91. The van der Waals surface area contributed by atoms with E-state index in [9.17, 15) is 4.79 Å². The summed E-state index contributed by atoms with van der Waals surface area (Å²) in [6.07, 6.45) is 4.92. The molecule has 0 aliphatic heterocycles. The van der Waals surface area contributed by atoms with Gasteiger partial charge in [0.1, 0.15) is 0 Å². The second kappa shape index (κ2) is 9.93. The summed E-state index contributed by atoms with van der Waals surface area (Å²) < 4.78 is 12.7. The van der Waals surface area contributed by atoms with Crippen molar-refractivity contribution in [3.63, 3.8) is 0 Å².